The number of nitrogens with one attached hydrogen (secondary N) is 1. The summed E-state index contributed by atoms with van der Waals surface area (Å²) in [5, 5.41) is 13.2. The summed E-state index contributed by atoms with van der Waals surface area (Å²) >= 11 is 7.05. The first-order chi connectivity index (χ1) is 16.5. The summed E-state index contributed by atoms with van der Waals surface area (Å²) in [5.41, 5.74) is 1.33. The molecular weight excluding hydrogens is 470 g/mol. The number of anilines is 1. The second-order valence-corrected chi connectivity index (χ2v) is 8.58. The lowest BCUT2D eigenvalue weighted by molar-refractivity contribution is -0.111. The van der Waals surface area contributed by atoms with E-state index < -0.39 is 5.91 Å². The summed E-state index contributed by atoms with van der Waals surface area (Å²) in [6.07, 6.45) is 1.71. The molecule has 0 spiro atoms. The Hall–Kier alpha value is -4.12. The third kappa shape index (κ3) is 4.94. The highest BCUT2D eigenvalue weighted by atomic mass is 35.5. The predicted molar refractivity (Wildman–Crippen MR) is 135 cm³/mol. The lowest BCUT2D eigenvalue weighted by Crippen LogP contribution is -2.32. The van der Waals surface area contributed by atoms with E-state index in [-0.39, 0.29) is 15.8 Å². The minimum atomic E-state index is -0.614. The number of amides is 1. The number of carbonyl (C=O) groups excluding carboxylic acids is 1. The van der Waals surface area contributed by atoms with Crippen LogP contribution in [0.5, 0.6) is 5.75 Å². The summed E-state index contributed by atoms with van der Waals surface area (Å²) in [7, 11) is 1.55. The monoisotopic (exact) mass is 487 g/mol. The van der Waals surface area contributed by atoms with Gasteiger partial charge in [-0.1, -0.05) is 41.9 Å². The molecule has 3 aromatic carbocycles. The van der Waals surface area contributed by atoms with E-state index in [2.05, 4.69) is 5.32 Å². The number of ether oxygens (including phenoxy) is 1. The average Bonchev–Trinajstić information content (AvgIpc) is 3.17. The fraction of sp³-hybridized carbons (Fsp3) is 0.0385. The van der Waals surface area contributed by atoms with Gasteiger partial charge >= 0.3 is 0 Å². The van der Waals surface area contributed by atoms with Crippen molar-refractivity contribution < 1.29 is 9.53 Å². The summed E-state index contributed by atoms with van der Waals surface area (Å²) < 4.78 is 7.14. The van der Waals surface area contributed by atoms with Crippen molar-refractivity contribution in [2.45, 2.75) is 0 Å². The number of halogens is 1. The van der Waals surface area contributed by atoms with Gasteiger partial charge < -0.3 is 10.1 Å². The van der Waals surface area contributed by atoms with E-state index in [0.717, 1.165) is 16.9 Å². The van der Waals surface area contributed by atoms with E-state index in [1.807, 2.05) is 12.1 Å². The number of nitrogens with zero attached hydrogens (tertiary/aromatic N) is 2. The van der Waals surface area contributed by atoms with Gasteiger partial charge in [0.05, 0.1) is 17.3 Å². The Bertz CT molecular complexity index is 1550. The number of thiazole rings is 1. The lowest BCUT2D eigenvalue weighted by atomic mass is 10.2. The van der Waals surface area contributed by atoms with E-state index in [0.29, 0.717) is 26.7 Å². The average molecular weight is 488 g/mol. The number of para-hydroxylation sites is 1. The SMILES string of the molecule is COc1ccc(NC(=O)C(C#N)=c2sc(=Cc3ccc(Cl)cc3)c(=O)n2-c2ccccc2)cc1. The fourth-order valence-electron chi connectivity index (χ4n) is 3.24. The van der Waals surface area contributed by atoms with Gasteiger partial charge in [-0.15, -0.1) is 11.3 Å². The molecule has 0 saturated carbocycles. The van der Waals surface area contributed by atoms with E-state index in [1.54, 1.807) is 86.0 Å². The Balaban J connectivity index is 1.90. The molecular formula is C26H18ClN3O3S. The van der Waals surface area contributed by atoms with Crippen molar-refractivity contribution in [1.29, 1.82) is 5.26 Å². The maximum Gasteiger partial charge on any atom is 0.273 e. The van der Waals surface area contributed by atoms with Gasteiger partial charge in [-0.2, -0.15) is 5.26 Å². The molecule has 0 saturated heterocycles. The lowest BCUT2D eigenvalue weighted by Gasteiger charge is -2.06. The molecule has 0 unspecified atom stereocenters. The van der Waals surface area contributed by atoms with Crippen LogP contribution in [0.15, 0.2) is 83.7 Å². The maximum absolute atomic E-state index is 13.4. The Morgan fingerprint density at radius 3 is 2.35 bits per heavy atom. The number of benzene rings is 3. The quantitative estimate of drug-likeness (QED) is 0.465. The molecule has 1 N–H and O–H groups in total. The largest absolute Gasteiger partial charge is 0.497 e. The first kappa shape index (κ1) is 23.1. The Morgan fingerprint density at radius 2 is 1.74 bits per heavy atom. The van der Waals surface area contributed by atoms with Gasteiger partial charge in [0.15, 0.2) is 5.57 Å². The zero-order chi connectivity index (χ0) is 24.1. The molecule has 4 aromatic rings. The van der Waals surface area contributed by atoms with Gasteiger partial charge in [0.1, 0.15) is 16.5 Å². The molecule has 0 aliphatic rings. The number of nitriles is 1. The zero-order valence-electron chi connectivity index (χ0n) is 18.0. The van der Waals surface area contributed by atoms with Crippen LogP contribution in [0.1, 0.15) is 5.56 Å². The Labute approximate surface area is 204 Å². The van der Waals surface area contributed by atoms with Crippen molar-refractivity contribution in [3.8, 4) is 17.5 Å². The molecule has 0 aliphatic carbocycles. The normalized spacial score (nSPS) is 12.1. The van der Waals surface area contributed by atoms with Gasteiger partial charge in [-0.3, -0.25) is 14.2 Å². The third-order valence-electron chi connectivity index (χ3n) is 4.91. The summed E-state index contributed by atoms with van der Waals surface area (Å²) in [6, 6.07) is 24.7. The fourth-order valence-corrected chi connectivity index (χ4v) is 4.46. The van der Waals surface area contributed by atoms with Crippen LogP contribution in [0.25, 0.3) is 17.3 Å². The first-order valence-electron chi connectivity index (χ1n) is 10.1. The minimum absolute atomic E-state index is 0.169. The molecule has 0 fully saturated rings. The predicted octanol–water partition coefficient (Wildman–Crippen LogP) is 3.70. The van der Waals surface area contributed by atoms with E-state index in [1.165, 1.54) is 4.57 Å². The molecule has 0 aliphatic heterocycles. The zero-order valence-corrected chi connectivity index (χ0v) is 19.6. The highest BCUT2D eigenvalue weighted by molar-refractivity contribution is 7.07. The van der Waals surface area contributed by atoms with Gasteiger partial charge in [-0.25, -0.2) is 0 Å². The molecule has 168 valence electrons. The smallest absolute Gasteiger partial charge is 0.273 e. The van der Waals surface area contributed by atoms with E-state index in [4.69, 9.17) is 16.3 Å². The van der Waals surface area contributed by atoms with Crippen LogP contribution in [-0.4, -0.2) is 17.6 Å². The molecule has 0 radical (unpaired) electrons. The van der Waals surface area contributed by atoms with Gasteiger partial charge in [0.2, 0.25) is 0 Å². The Morgan fingerprint density at radius 1 is 1.06 bits per heavy atom. The molecule has 1 amide bonds. The molecule has 8 heteroatoms. The summed E-state index contributed by atoms with van der Waals surface area (Å²) in [5.74, 6) is 0.0256. The number of rotatable bonds is 5. The molecule has 0 atom stereocenters. The van der Waals surface area contributed by atoms with Gasteiger partial charge in [0, 0.05) is 10.7 Å². The van der Waals surface area contributed by atoms with Crippen molar-refractivity contribution in [3.63, 3.8) is 0 Å². The number of aromatic nitrogens is 1. The van der Waals surface area contributed by atoms with Crippen LogP contribution in [0.4, 0.5) is 5.69 Å². The van der Waals surface area contributed by atoms with Crippen LogP contribution in [0.2, 0.25) is 5.02 Å². The maximum atomic E-state index is 13.4. The van der Waals surface area contributed by atoms with Crippen molar-refractivity contribution in [2.24, 2.45) is 0 Å². The molecule has 4 rings (SSSR count). The Kier molecular flexibility index (Phi) is 6.93. The first-order valence-corrected chi connectivity index (χ1v) is 11.3. The second kappa shape index (κ2) is 10.2. The number of methoxy groups -OCH3 is 1. The van der Waals surface area contributed by atoms with Crippen LogP contribution >= 0.6 is 22.9 Å². The highest BCUT2D eigenvalue weighted by Gasteiger charge is 2.17. The van der Waals surface area contributed by atoms with Crippen molar-refractivity contribution in [2.75, 3.05) is 12.4 Å². The third-order valence-corrected chi connectivity index (χ3v) is 6.25. The van der Waals surface area contributed by atoms with Crippen LogP contribution in [0, 0.1) is 11.3 Å². The molecule has 1 aromatic heterocycles. The topological polar surface area (TPSA) is 84.1 Å². The van der Waals surface area contributed by atoms with Crippen molar-refractivity contribution in [3.05, 3.63) is 109 Å². The number of carbonyl (C=O) groups is 1. The number of hydrogen-bond acceptors (Lipinski definition) is 5. The van der Waals surface area contributed by atoms with Crippen molar-refractivity contribution >= 4 is 46.2 Å². The summed E-state index contributed by atoms with van der Waals surface area (Å²) in [6.45, 7) is 0. The molecule has 6 nitrogen and oxygen atoms in total. The molecule has 34 heavy (non-hydrogen) atoms. The standard InChI is InChI=1S/C26H18ClN3O3S/c1-33-21-13-11-19(12-14-21)29-24(31)22(16-28)26-30(20-5-3-2-4-6-20)25(32)23(34-26)15-17-7-9-18(27)10-8-17/h2-15H,1H3,(H,29,31). The van der Waals surface area contributed by atoms with Gasteiger partial charge in [0.25, 0.3) is 11.5 Å². The second-order valence-electron chi connectivity index (χ2n) is 7.11. The summed E-state index contributed by atoms with van der Waals surface area (Å²) in [4.78, 5) is 26.4. The van der Waals surface area contributed by atoms with E-state index in [9.17, 15) is 14.9 Å². The van der Waals surface area contributed by atoms with Crippen LogP contribution < -0.4 is 24.8 Å². The van der Waals surface area contributed by atoms with E-state index >= 15 is 0 Å². The molecule has 1 heterocycles. The van der Waals surface area contributed by atoms with Crippen LogP contribution in [-0.2, 0) is 4.79 Å². The molecule has 0 bridgehead atoms. The highest BCUT2D eigenvalue weighted by Crippen LogP contribution is 2.16. The van der Waals surface area contributed by atoms with Gasteiger partial charge in [-0.05, 0) is 60.2 Å². The van der Waals surface area contributed by atoms with Crippen LogP contribution in [0.3, 0.4) is 0 Å². The number of hydrogen-bond donors (Lipinski definition) is 1. The van der Waals surface area contributed by atoms with Crippen molar-refractivity contribution in [1.82, 2.24) is 4.57 Å². The minimum Gasteiger partial charge on any atom is -0.497 e.